The molecule has 2 heterocycles. The number of halogens is 1. The lowest BCUT2D eigenvalue weighted by Gasteiger charge is -2.33. The third-order valence-electron chi connectivity index (χ3n) is 4.63. The van der Waals surface area contributed by atoms with Gasteiger partial charge >= 0.3 is 0 Å². The quantitative estimate of drug-likeness (QED) is 0.779. The molecule has 1 aromatic heterocycles. The maximum absolute atomic E-state index is 12.4. The van der Waals surface area contributed by atoms with E-state index in [-0.39, 0.29) is 11.7 Å². The van der Waals surface area contributed by atoms with Crippen molar-refractivity contribution < 1.29 is 4.74 Å². The van der Waals surface area contributed by atoms with E-state index in [1.165, 1.54) is 0 Å². The standard InChI is InChI=1S/C20H19ClN2O2/c21-17-7-3-2-6-16(17)19-13-23(9-10-25-19)12-15-11-14-5-1-4-8-18(14)22-20(15)24/h1-8,11,19H,9-10,12-13H2,(H,22,24). The Labute approximate surface area is 151 Å². The Kier molecular flexibility index (Phi) is 4.57. The number of aromatic amines is 1. The molecule has 0 saturated carbocycles. The van der Waals surface area contributed by atoms with Crippen LogP contribution in [0.2, 0.25) is 5.02 Å². The van der Waals surface area contributed by atoms with Gasteiger partial charge in [-0.1, -0.05) is 48.0 Å². The van der Waals surface area contributed by atoms with Gasteiger partial charge in [-0.15, -0.1) is 0 Å². The molecule has 1 aliphatic rings. The molecule has 0 radical (unpaired) electrons. The summed E-state index contributed by atoms with van der Waals surface area (Å²) in [5.74, 6) is 0. The summed E-state index contributed by atoms with van der Waals surface area (Å²) in [5.41, 5.74) is 2.62. The molecule has 1 N–H and O–H groups in total. The summed E-state index contributed by atoms with van der Waals surface area (Å²) in [7, 11) is 0. The number of para-hydroxylation sites is 1. The van der Waals surface area contributed by atoms with Gasteiger partial charge in [-0.2, -0.15) is 0 Å². The number of ether oxygens (including phenoxy) is 1. The molecule has 1 fully saturated rings. The van der Waals surface area contributed by atoms with E-state index in [9.17, 15) is 4.79 Å². The number of hydrogen-bond acceptors (Lipinski definition) is 3. The Morgan fingerprint density at radius 2 is 1.96 bits per heavy atom. The molecular weight excluding hydrogens is 336 g/mol. The first-order valence-corrected chi connectivity index (χ1v) is 8.78. The summed E-state index contributed by atoms with van der Waals surface area (Å²) in [6.07, 6.45) is -0.0676. The highest BCUT2D eigenvalue weighted by atomic mass is 35.5. The van der Waals surface area contributed by atoms with Gasteiger partial charge in [0.25, 0.3) is 5.56 Å². The lowest BCUT2D eigenvalue weighted by molar-refractivity contribution is -0.0329. The van der Waals surface area contributed by atoms with Crippen molar-refractivity contribution in [3.05, 3.63) is 81.1 Å². The van der Waals surface area contributed by atoms with E-state index in [2.05, 4.69) is 9.88 Å². The number of nitrogens with one attached hydrogen (secondary N) is 1. The molecule has 0 bridgehead atoms. The predicted molar refractivity (Wildman–Crippen MR) is 100.0 cm³/mol. The highest BCUT2D eigenvalue weighted by Crippen LogP contribution is 2.28. The summed E-state index contributed by atoms with van der Waals surface area (Å²) in [6.45, 7) is 2.75. The second-order valence-electron chi connectivity index (χ2n) is 6.33. The predicted octanol–water partition coefficient (Wildman–Crippen LogP) is 3.76. The first-order valence-electron chi connectivity index (χ1n) is 8.40. The second kappa shape index (κ2) is 7.00. The van der Waals surface area contributed by atoms with Crippen LogP contribution >= 0.6 is 11.6 Å². The molecule has 4 rings (SSSR count). The van der Waals surface area contributed by atoms with Gasteiger partial charge in [-0.3, -0.25) is 9.69 Å². The summed E-state index contributed by atoms with van der Waals surface area (Å²) in [5, 5.41) is 1.77. The van der Waals surface area contributed by atoms with Gasteiger partial charge < -0.3 is 9.72 Å². The maximum Gasteiger partial charge on any atom is 0.252 e. The first kappa shape index (κ1) is 16.3. The van der Waals surface area contributed by atoms with Crippen LogP contribution in [0.25, 0.3) is 10.9 Å². The number of nitrogens with zero attached hydrogens (tertiary/aromatic N) is 1. The van der Waals surface area contributed by atoms with Crippen LogP contribution in [0.4, 0.5) is 0 Å². The fraction of sp³-hybridized carbons (Fsp3) is 0.250. The van der Waals surface area contributed by atoms with Crippen LogP contribution in [0.15, 0.2) is 59.4 Å². The molecule has 128 valence electrons. The molecule has 5 heteroatoms. The number of morpholine rings is 1. The molecule has 0 aliphatic carbocycles. The van der Waals surface area contributed by atoms with Crippen LogP contribution in [-0.4, -0.2) is 29.6 Å². The van der Waals surface area contributed by atoms with Gasteiger partial charge in [0.15, 0.2) is 0 Å². The molecular formula is C20H19ClN2O2. The molecule has 4 nitrogen and oxygen atoms in total. The Morgan fingerprint density at radius 1 is 1.16 bits per heavy atom. The zero-order chi connectivity index (χ0) is 17.2. The molecule has 1 aliphatic heterocycles. The number of aromatic nitrogens is 1. The Balaban J connectivity index is 1.56. The summed E-state index contributed by atoms with van der Waals surface area (Å²) < 4.78 is 5.90. The molecule has 0 spiro atoms. The Hall–Kier alpha value is -2.14. The highest BCUT2D eigenvalue weighted by molar-refractivity contribution is 6.31. The maximum atomic E-state index is 12.4. The van der Waals surface area contributed by atoms with Crippen molar-refractivity contribution in [1.29, 1.82) is 0 Å². The number of fused-ring (bicyclic) bond motifs is 1. The molecule has 1 atom stereocenters. The van der Waals surface area contributed by atoms with Crippen molar-refractivity contribution in [2.75, 3.05) is 19.7 Å². The number of hydrogen-bond donors (Lipinski definition) is 1. The summed E-state index contributed by atoms with van der Waals surface area (Å²) >= 11 is 6.30. The van der Waals surface area contributed by atoms with E-state index in [0.717, 1.165) is 40.1 Å². The number of H-pyrrole nitrogens is 1. The second-order valence-corrected chi connectivity index (χ2v) is 6.73. The van der Waals surface area contributed by atoms with E-state index >= 15 is 0 Å². The smallest absolute Gasteiger partial charge is 0.252 e. The monoisotopic (exact) mass is 354 g/mol. The summed E-state index contributed by atoms with van der Waals surface area (Å²) in [4.78, 5) is 17.6. The highest BCUT2D eigenvalue weighted by Gasteiger charge is 2.24. The van der Waals surface area contributed by atoms with Crippen molar-refractivity contribution in [2.24, 2.45) is 0 Å². The molecule has 0 amide bonds. The van der Waals surface area contributed by atoms with Crippen LogP contribution in [-0.2, 0) is 11.3 Å². The fourth-order valence-corrected chi connectivity index (χ4v) is 3.58. The largest absolute Gasteiger partial charge is 0.371 e. The van der Waals surface area contributed by atoms with Crippen LogP contribution in [0, 0.1) is 0 Å². The molecule has 3 aromatic rings. The Morgan fingerprint density at radius 3 is 2.84 bits per heavy atom. The number of benzene rings is 2. The van der Waals surface area contributed by atoms with E-state index in [1.54, 1.807) is 0 Å². The third-order valence-corrected chi connectivity index (χ3v) is 4.97. The van der Waals surface area contributed by atoms with Crippen LogP contribution in [0.1, 0.15) is 17.2 Å². The lowest BCUT2D eigenvalue weighted by atomic mass is 10.1. The van der Waals surface area contributed by atoms with Gasteiger partial charge in [-0.05, 0) is 23.6 Å². The van der Waals surface area contributed by atoms with Crippen molar-refractivity contribution >= 4 is 22.5 Å². The normalized spacial score (nSPS) is 18.5. The average molecular weight is 355 g/mol. The van der Waals surface area contributed by atoms with E-state index in [4.69, 9.17) is 16.3 Å². The lowest BCUT2D eigenvalue weighted by Crippen LogP contribution is -2.39. The summed E-state index contributed by atoms with van der Waals surface area (Å²) in [6, 6.07) is 17.6. The minimum absolute atomic E-state index is 0.0283. The molecule has 1 saturated heterocycles. The zero-order valence-electron chi connectivity index (χ0n) is 13.7. The SMILES string of the molecule is O=c1[nH]c2ccccc2cc1CN1CCOC(c2ccccc2Cl)C1. The van der Waals surface area contributed by atoms with Gasteiger partial charge in [0.05, 0.1) is 12.7 Å². The van der Waals surface area contributed by atoms with Crippen LogP contribution in [0.3, 0.4) is 0 Å². The van der Waals surface area contributed by atoms with E-state index in [1.807, 2.05) is 54.6 Å². The van der Waals surface area contributed by atoms with Gasteiger partial charge in [0, 0.05) is 41.3 Å². The van der Waals surface area contributed by atoms with Crippen molar-refractivity contribution in [1.82, 2.24) is 9.88 Å². The van der Waals surface area contributed by atoms with Gasteiger partial charge in [0.2, 0.25) is 0 Å². The average Bonchev–Trinajstić information content (AvgIpc) is 2.63. The molecule has 25 heavy (non-hydrogen) atoms. The zero-order valence-corrected chi connectivity index (χ0v) is 14.5. The van der Waals surface area contributed by atoms with Gasteiger partial charge in [0.1, 0.15) is 0 Å². The van der Waals surface area contributed by atoms with Crippen LogP contribution in [0.5, 0.6) is 0 Å². The number of rotatable bonds is 3. The van der Waals surface area contributed by atoms with Crippen LogP contribution < -0.4 is 5.56 Å². The number of pyridine rings is 1. The first-order chi connectivity index (χ1) is 12.2. The van der Waals surface area contributed by atoms with Crippen molar-refractivity contribution in [2.45, 2.75) is 12.6 Å². The van der Waals surface area contributed by atoms with E-state index in [0.29, 0.717) is 13.2 Å². The fourth-order valence-electron chi connectivity index (χ4n) is 3.32. The van der Waals surface area contributed by atoms with E-state index < -0.39 is 0 Å². The van der Waals surface area contributed by atoms with Gasteiger partial charge in [-0.25, -0.2) is 0 Å². The Bertz CT molecular complexity index is 954. The molecule has 2 aromatic carbocycles. The minimum atomic E-state index is -0.0676. The topological polar surface area (TPSA) is 45.3 Å². The minimum Gasteiger partial charge on any atom is -0.371 e. The van der Waals surface area contributed by atoms with Crippen molar-refractivity contribution in [3.8, 4) is 0 Å². The third kappa shape index (κ3) is 3.47. The molecule has 1 unspecified atom stereocenters. The van der Waals surface area contributed by atoms with Crippen molar-refractivity contribution in [3.63, 3.8) is 0 Å².